The first-order chi connectivity index (χ1) is 10.1. The lowest BCUT2D eigenvalue weighted by Crippen LogP contribution is -2.07. The molecule has 0 saturated carbocycles. The van der Waals surface area contributed by atoms with Crippen molar-refractivity contribution in [2.24, 2.45) is 5.73 Å². The number of methoxy groups -OCH3 is 1. The summed E-state index contributed by atoms with van der Waals surface area (Å²) in [5.74, 6) is 0.848. The summed E-state index contributed by atoms with van der Waals surface area (Å²) in [5, 5.41) is 0.563. The van der Waals surface area contributed by atoms with E-state index in [1.807, 2.05) is 0 Å². The molecule has 0 unspecified atom stereocenters. The van der Waals surface area contributed by atoms with Gasteiger partial charge in [0.15, 0.2) is 11.5 Å². The largest absolute Gasteiger partial charge is 0.493 e. The molecule has 0 bridgehead atoms. The van der Waals surface area contributed by atoms with Gasteiger partial charge in [-0.15, -0.1) is 0 Å². The SMILES string of the molecule is COc1cc(Cl)cc(CCN)c1OCc1cccc(F)c1. The van der Waals surface area contributed by atoms with Crippen LogP contribution in [0.25, 0.3) is 0 Å². The van der Waals surface area contributed by atoms with Crippen LogP contribution in [0.4, 0.5) is 4.39 Å². The minimum atomic E-state index is -0.290. The molecule has 0 aliphatic rings. The second kappa shape index (κ2) is 7.29. The number of ether oxygens (including phenoxy) is 2. The maximum atomic E-state index is 13.2. The maximum Gasteiger partial charge on any atom is 0.164 e. The Bertz CT molecular complexity index is 619. The predicted octanol–water partition coefficient (Wildman–Crippen LogP) is 3.57. The van der Waals surface area contributed by atoms with Crippen LogP contribution >= 0.6 is 11.6 Å². The number of rotatable bonds is 6. The summed E-state index contributed by atoms with van der Waals surface area (Å²) in [6.45, 7) is 0.715. The average Bonchev–Trinajstić information content (AvgIpc) is 2.46. The summed E-state index contributed by atoms with van der Waals surface area (Å²) in [6, 6.07) is 9.76. The Hall–Kier alpha value is -1.78. The van der Waals surface area contributed by atoms with Crippen molar-refractivity contribution >= 4 is 11.6 Å². The zero-order valence-electron chi connectivity index (χ0n) is 11.7. The summed E-state index contributed by atoms with van der Waals surface area (Å²) in [6.07, 6.45) is 0.620. The number of nitrogens with two attached hydrogens (primary N) is 1. The molecule has 2 rings (SSSR count). The van der Waals surface area contributed by atoms with Crippen molar-refractivity contribution in [3.05, 3.63) is 58.4 Å². The van der Waals surface area contributed by atoms with Crippen LogP contribution in [0.3, 0.4) is 0 Å². The molecule has 2 aromatic rings. The van der Waals surface area contributed by atoms with Gasteiger partial charge >= 0.3 is 0 Å². The molecule has 0 heterocycles. The summed E-state index contributed by atoms with van der Waals surface area (Å²) in [7, 11) is 1.55. The van der Waals surface area contributed by atoms with E-state index >= 15 is 0 Å². The molecule has 21 heavy (non-hydrogen) atoms. The Morgan fingerprint density at radius 2 is 2.05 bits per heavy atom. The van der Waals surface area contributed by atoms with Crippen LogP contribution in [-0.2, 0) is 13.0 Å². The molecule has 0 saturated heterocycles. The summed E-state index contributed by atoms with van der Waals surface area (Å²) in [5.41, 5.74) is 7.22. The van der Waals surface area contributed by atoms with E-state index in [2.05, 4.69) is 0 Å². The fourth-order valence-corrected chi connectivity index (χ4v) is 2.29. The highest BCUT2D eigenvalue weighted by Crippen LogP contribution is 2.35. The number of hydrogen-bond acceptors (Lipinski definition) is 3. The van der Waals surface area contributed by atoms with Gasteiger partial charge in [0, 0.05) is 16.7 Å². The van der Waals surface area contributed by atoms with Gasteiger partial charge in [-0.25, -0.2) is 4.39 Å². The standard InChI is InChI=1S/C16H17ClFNO2/c1-20-15-9-13(17)8-12(5-6-19)16(15)21-10-11-3-2-4-14(18)7-11/h2-4,7-9H,5-6,10,19H2,1H3. The van der Waals surface area contributed by atoms with Crippen LogP contribution in [0.15, 0.2) is 36.4 Å². The van der Waals surface area contributed by atoms with Gasteiger partial charge < -0.3 is 15.2 Å². The third-order valence-corrected chi connectivity index (χ3v) is 3.22. The predicted molar refractivity (Wildman–Crippen MR) is 81.5 cm³/mol. The molecule has 0 aliphatic carbocycles. The lowest BCUT2D eigenvalue weighted by atomic mass is 10.1. The van der Waals surface area contributed by atoms with E-state index in [9.17, 15) is 4.39 Å². The summed E-state index contributed by atoms with van der Waals surface area (Å²) < 4.78 is 24.3. The quantitative estimate of drug-likeness (QED) is 0.887. The van der Waals surface area contributed by atoms with Crippen molar-refractivity contribution in [1.82, 2.24) is 0 Å². The van der Waals surface area contributed by atoms with Crippen LogP contribution in [0, 0.1) is 5.82 Å². The Labute approximate surface area is 128 Å². The molecular weight excluding hydrogens is 293 g/mol. The fraction of sp³-hybridized carbons (Fsp3) is 0.250. The Balaban J connectivity index is 2.25. The molecule has 3 nitrogen and oxygen atoms in total. The zero-order valence-corrected chi connectivity index (χ0v) is 12.5. The van der Waals surface area contributed by atoms with Gasteiger partial charge in [0.25, 0.3) is 0 Å². The second-order valence-corrected chi connectivity index (χ2v) is 4.99. The monoisotopic (exact) mass is 309 g/mol. The fourth-order valence-electron chi connectivity index (χ4n) is 2.06. The van der Waals surface area contributed by atoms with Gasteiger partial charge in [-0.1, -0.05) is 23.7 Å². The van der Waals surface area contributed by atoms with Gasteiger partial charge in [-0.2, -0.15) is 0 Å². The molecule has 0 amide bonds. The molecule has 2 N–H and O–H groups in total. The molecule has 0 spiro atoms. The highest BCUT2D eigenvalue weighted by atomic mass is 35.5. The van der Waals surface area contributed by atoms with Gasteiger partial charge in [0.1, 0.15) is 12.4 Å². The van der Waals surface area contributed by atoms with Gasteiger partial charge in [0.05, 0.1) is 7.11 Å². The van der Waals surface area contributed by atoms with Crippen LogP contribution in [0.2, 0.25) is 5.02 Å². The lowest BCUT2D eigenvalue weighted by molar-refractivity contribution is 0.281. The van der Waals surface area contributed by atoms with Crippen molar-refractivity contribution in [2.75, 3.05) is 13.7 Å². The van der Waals surface area contributed by atoms with E-state index in [-0.39, 0.29) is 12.4 Å². The van der Waals surface area contributed by atoms with E-state index in [4.69, 9.17) is 26.8 Å². The van der Waals surface area contributed by atoms with Crippen molar-refractivity contribution in [3.8, 4) is 11.5 Å². The Kier molecular flexibility index (Phi) is 5.42. The molecule has 0 atom stereocenters. The number of benzene rings is 2. The van der Waals surface area contributed by atoms with Crippen molar-refractivity contribution < 1.29 is 13.9 Å². The highest BCUT2D eigenvalue weighted by Gasteiger charge is 2.13. The van der Waals surface area contributed by atoms with Crippen molar-refractivity contribution in [1.29, 1.82) is 0 Å². The van der Waals surface area contributed by atoms with E-state index in [0.717, 1.165) is 11.1 Å². The third-order valence-electron chi connectivity index (χ3n) is 3.00. The molecular formula is C16H17ClFNO2. The normalized spacial score (nSPS) is 10.5. The Morgan fingerprint density at radius 1 is 1.24 bits per heavy atom. The molecule has 0 fully saturated rings. The first-order valence-electron chi connectivity index (χ1n) is 6.57. The topological polar surface area (TPSA) is 44.5 Å². The first kappa shape index (κ1) is 15.6. The van der Waals surface area contributed by atoms with E-state index in [1.165, 1.54) is 12.1 Å². The summed E-state index contributed by atoms with van der Waals surface area (Å²) in [4.78, 5) is 0. The zero-order chi connectivity index (χ0) is 15.2. The third kappa shape index (κ3) is 4.09. The highest BCUT2D eigenvalue weighted by molar-refractivity contribution is 6.30. The minimum absolute atomic E-state index is 0.243. The average molecular weight is 310 g/mol. The van der Waals surface area contributed by atoms with E-state index in [1.54, 1.807) is 31.4 Å². The van der Waals surface area contributed by atoms with Crippen LogP contribution in [0.1, 0.15) is 11.1 Å². The van der Waals surface area contributed by atoms with Gasteiger partial charge in [-0.05, 0) is 36.7 Å². The van der Waals surface area contributed by atoms with Gasteiger partial charge in [-0.3, -0.25) is 0 Å². The maximum absolute atomic E-state index is 13.2. The number of hydrogen-bond donors (Lipinski definition) is 1. The van der Waals surface area contributed by atoms with Crippen LogP contribution in [-0.4, -0.2) is 13.7 Å². The molecule has 0 radical (unpaired) electrons. The van der Waals surface area contributed by atoms with Crippen molar-refractivity contribution in [3.63, 3.8) is 0 Å². The molecule has 5 heteroatoms. The molecule has 0 aliphatic heterocycles. The van der Waals surface area contributed by atoms with E-state index in [0.29, 0.717) is 29.5 Å². The molecule has 2 aromatic carbocycles. The van der Waals surface area contributed by atoms with Gasteiger partial charge in [0.2, 0.25) is 0 Å². The molecule has 112 valence electrons. The van der Waals surface area contributed by atoms with E-state index < -0.39 is 0 Å². The number of halogens is 2. The second-order valence-electron chi connectivity index (χ2n) is 4.55. The van der Waals surface area contributed by atoms with Crippen LogP contribution < -0.4 is 15.2 Å². The smallest absolute Gasteiger partial charge is 0.164 e. The van der Waals surface area contributed by atoms with Crippen LogP contribution in [0.5, 0.6) is 11.5 Å². The van der Waals surface area contributed by atoms with Crippen molar-refractivity contribution in [2.45, 2.75) is 13.0 Å². The summed E-state index contributed by atoms with van der Waals surface area (Å²) >= 11 is 6.05. The minimum Gasteiger partial charge on any atom is -0.493 e. The first-order valence-corrected chi connectivity index (χ1v) is 6.95. The lowest BCUT2D eigenvalue weighted by Gasteiger charge is -2.15. The molecule has 0 aromatic heterocycles. The Morgan fingerprint density at radius 3 is 2.71 bits per heavy atom.